The van der Waals surface area contributed by atoms with E-state index in [1.165, 1.54) is 0 Å². The van der Waals surface area contributed by atoms with Crippen LogP contribution in [-0.2, 0) is 0 Å². The van der Waals surface area contributed by atoms with E-state index in [-0.39, 0.29) is 67.3 Å². The molecule has 0 unspecified atom stereocenters. The summed E-state index contributed by atoms with van der Waals surface area (Å²) >= 11 is 0. The predicted molar refractivity (Wildman–Crippen MR) is 65.3 cm³/mol. The van der Waals surface area contributed by atoms with Crippen LogP contribution in [-0.4, -0.2) is 157 Å². The molecule has 0 aliphatic rings. The first-order chi connectivity index (χ1) is 6.93. The van der Waals surface area contributed by atoms with E-state index in [9.17, 15) is 0 Å². The molecular formula is H15B4CaNaO12. The Labute approximate surface area is 155 Å². The van der Waals surface area contributed by atoms with Crippen molar-refractivity contribution >= 4 is 96.6 Å². The Morgan fingerprint density at radius 1 is 0.333 bits per heavy atom. The maximum atomic E-state index is 7.17. The number of hydrogen-bond donors (Lipinski definition) is 12. The molecule has 12 nitrogen and oxygen atoms in total. The van der Waals surface area contributed by atoms with Gasteiger partial charge in [-0.2, -0.15) is 0 Å². The third-order valence-corrected chi connectivity index (χ3v) is 0. The molecule has 0 spiro atoms. The summed E-state index contributed by atoms with van der Waals surface area (Å²) in [7, 11) is -8.67. The third kappa shape index (κ3) is 1260. The van der Waals surface area contributed by atoms with Gasteiger partial charge in [0.15, 0.2) is 0 Å². The third-order valence-electron chi connectivity index (χ3n) is 0. The molecule has 0 atom stereocenters. The van der Waals surface area contributed by atoms with E-state index in [0.717, 1.165) is 0 Å². The van der Waals surface area contributed by atoms with Gasteiger partial charge in [-0.25, -0.2) is 0 Å². The Hall–Kier alpha value is 2.04. The second kappa shape index (κ2) is 31.4. The van der Waals surface area contributed by atoms with Gasteiger partial charge in [0.05, 0.1) is 0 Å². The fourth-order valence-electron chi connectivity index (χ4n) is 0. The second-order valence-electron chi connectivity index (χ2n) is 1.39. The van der Waals surface area contributed by atoms with Crippen LogP contribution in [0.4, 0.5) is 0 Å². The predicted octanol–water partition coefficient (Wildman–Crippen LogP) is -9.77. The minimum absolute atomic E-state index is 0. The fourth-order valence-corrected chi connectivity index (χ4v) is 0. The molecule has 0 radical (unpaired) electrons. The molecule has 0 aliphatic carbocycles. The van der Waals surface area contributed by atoms with Gasteiger partial charge in [0, 0.05) is 0 Å². The van der Waals surface area contributed by atoms with Crippen molar-refractivity contribution in [2.45, 2.75) is 0 Å². The standard InChI is InChI=1S/4BH3O3.Ca.Na.3H/c4*2-1(3)4;;;;;/h4*2-4H;;;;;. The normalized spacial score (nSPS) is 6.00. The average molecular weight is 313 g/mol. The zero-order chi connectivity index (χ0) is 14.3. The molecule has 18 heteroatoms. The molecule has 0 aromatic rings. The van der Waals surface area contributed by atoms with Crippen LogP contribution in [0.3, 0.4) is 0 Å². The molecule has 12 N–H and O–H groups in total. The van der Waals surface area contributed by atoms with Crippen LogP contribution < -0.4 is 0 Å². The van der Waals surface area contributed by atoms with Crippen LogP contribution in [0.5, 0.6) is 0 Å². The zero-order valence-corrected chi connectivity index (χ0v) is 7.68. The van der Waals surface area contributed by atoms with Crippen molar-refractivity contribution < 1.29 is 60.3 Å². The molecule has 0 amide bonds. The summed E-state index contributed by atoms with van der Waals surface area (Å²) in [4.78, 5) is 0. The quantitative estimate of drug-likeness (QED) is 0.186. The van der Waals surface area contributed by atoms with Gasteiger partial charge in [-0.15, -0.1) is 0 Å². The van der Waals surface area contributed by atoms with Crippen molar-refractivity contribution in [3.63, 3.8) is 0 Å². The molecule has 0 saturated carbocycles. The molecular weight excluding hydrogens is 298 g/mol. The zero-order valence-electron chi connectivity index (χ0n) is 7.68. The molecule has 18 heavy (non-hydrogen) atoms. The minimum atomic E-state index is -2.17. The maximum absolute atomic E-state index is 7.17. The molecule has 0 fully saturated rings. The van der Waals surface area contributed by atoms with Gasteiger partial charge in [-0.3, -0.25) is 0 Å². The summed E-state index contributed by atoms with van der Waals surface area (Å²) in [6.07, 6.45) is 0. The Bertz CT molecular complexity index is 67.1. The van der Waals surface area contributed by atoms with Crippen LogP contribution in [0.2, 0.25) is 0 Å². The van der Waals surface area contributed by atoms with Gasteiger partial charge in [0.25, 0.3) is 0 Å². The van der Waals surface area contributed by atoms with Crippen molar-refractivity contribution in [3.8, 4) is 0 Å². The monoisotopic (exact) mass is 314 g/mol. The fraction of sp³-hybridized carbons (Fsp3) is 0. The van der Waals surface area contributed by atoms with Gasteiger partial charge >= 0.3 is 96.6 Å². The summed E-state index contributed by atoms with van der Waals surface area (Å²) in [6, 6.07) is 0. The van der Waals surface area contributed by atoms with Gasteiger partial charge in [-0.05, 0) is 0 Å². The van der Waals surface area contributed by atoms with E-state index < -0.39 is 29.3 Å². The van der Waals surface area contributed by atoms with Gasteiger partial charge in [-0.1, -0.05) is 0 Å². The molecule has 0 aromatic carbocycles. The Morgan fingerprint density at radius 3 is 0.333 bits per heavy atom. The molecule has 102 valence electrons. The first-order valence-electron chi connectivity index (χ1n) is 3.10. The van der Waals surface area contributed by atoms with E-state index in [1.54, 1.807) is 0 Å². The summed E-state index contributed by atoms with van der Waals surface area (Å²) in [5, 5.41) is 86.0. The second-order valence-corrected chi connectivity index (χ2v) is 1.39. The van der Waals surface area contributed by atoms with Crippen LogP contribution in [0, 0.1) is 0 Å². The summed E-state index contributed by atoms with van der Waals surface area (Å²) in [6.45, 7) is 0. The van der Waals surface area contributed by atoms with E-state index >= 15 is 0 Å². The van der Waals surface area contributed by atoms with Crippen molar-refractivity contribution in [2.24, 2.45) is 0 Å². The summed E-state index contributed by atoms with van der Waals surface area (Å²) in [5.74, 6) is 0. The van der Waals surface area contributed by atoms with Crippen molar-refractivity contribution in [2.75, 3.05) is 0 Å². The van der Waals surface area contributed by atoms with E-state index in [2.05, 4.69) is 0 Å². The first-order valence-corrected chi connectivity index (χ1v) is 3.10. The van der Waals surface area contributed by atoms with Crippen molar-refractivity contribution in [1.82, 2.24) is 0 Å². The SMILES string of the molecule is OB(O)O.OB(O)O.OB(O)O.OB(O)O.[CaH2].[NaH]. The molecule has 0 heterocycles. The van der Waals surface area contributed by atoms with E-state index in [1.807, 2.05) is 0 Å². The number of hydrogen-bond acceptors (Lipinski definition) is 12. The van der Waals surface area contributed by atoms with Crippen LogP contribution in [0.1, 0.15) is 0 Å². The molecule has 0 aliphatic heterocycles. The summed E-state index contributed by atoms with van der Waals surface area (Å²) in [5.41, 5.74) is 0. The number of rotatable bonds is 0. The van der Waals surface area contributed by atoms with Crippen LogP contribution in [0.15, 0.2) is 0 Å². The van der Waals surface area contributed by atoms with E-state index in [4.69, 9.17) is 60.3 Å². The van der Waals surface area contributed by atoms with Crippen molar-refractivity contribution in [1.29, 1.82) is 0 Å². The summed E-state index contributed by atoms with van der Waals surface area (Å²) < 4.78 is 0. The first kappa shape index (κ1) is 36.9. The molecule has 0 saturated heterocycles. The van der Waals surface area contributed by atoms with Gasteiger partial charge in [0.2, 0.25) is 0 Å². The Morgan fingerprint density at radius 2 is 0.333 bits per heavy atom. The Kier molecular flexibility index (Phi) is 64.4. The molecule has 0 rings (SSSR count). The van der Waals surface area contributed by atoms with Crippen LogP contribution in [0.25, 0.3) is 0 Å². The Balaban J connectivity index is -0.0000000257. The van der Waals surface area contributed by atoms with Gasteiger partial charge < -0.3 is 60.3 Å². The van der Waals surface area contributed by atoms with Crippen molar-refractivity contribution in [3.05, 3.63) is 0 Å². The van der Waals surface area contributed by atoms with E-state index in [0.29, 0.717) is 0 Å². The molecule has 0 bridgehead atoms. The average Bonchev–Trinajstić information content (AvgIpc) is 1.76. The van der Waals surface area contributed by atoms with Crippen LogP contribution >= 0.6 is 0 Å². The molecule has 0 aromatic heterocycles. The van der Waals surface area contributed by atoms with Gasteiger partial charge in [0.1, 0.15) is 0 Å². The topological polar surface area (TPSA) is 243 Å².